The largest absolute Gasteiger partial charge is 0.365 e. The molecule has 3 aromatic rings. The molecule has 2 aromatic heterocycles. The van der Waals surface area contributed by atoms with Crippen molar-refractivity contribution >= 4 is 17.9 Å². The van der Waals surface area contributed by atoms with E-state index >= 15 is 0 Å². The quantitative estimate of drug-likeness (QED) is 0.569. The zero-order valence-corrected chi connectivity index (χ0v) is 19.2. The molecule has 0 spiro atoms. The molecule has 0 radical (unpaired) electrons. The Morgan fingerprint density at radius 1 is 1.00 bits per heavy atom. The highest BCUT2D eigenvalue weighted by atomic mass is 19.1. The number of carbonyl (C=O) groups is 1. The van der Waals surface area contributed by atoms with E-state index in [4.69, 9.17) is 0 Å². The van der Waals surface area contributed by atoms with Crippen molar-refractivity contribution < 1.29 is 18.0 Å². The van der Waals surface area contributed by atoms with Gasteiger partial charge >= 0.3 is 6.03 Å². The van der Waals surface area contributed by atoms with Gasteiger partial charge in [-0.15, -0.1) is 5.10 Å². The third-order valence-corrected chi connectivity index (χ3v) is 6.10. The molecule has 1 saturated heterocycles. The van der Waals surface area contributed by atoms with E-state index in [-0.39, 0.29) is 6.03 Å². The zero-order chi connectivity index (χ0) is 24.7. The number of piperazine rings is 1. The lowest BCUT2D eigenvalue weighted by Gasteiger charge is -2.38. The second kappa shape index (κ2) is 9.01. The predicted molar refractivity (Wildman–Crippen MR) is 122 cm³/mol. The molecule has 2 amide bonds. The SMILES string of the molecule is Cc1nc(C)n(-c2cc(N3CCN(C(=O)N4N=CC[C@H]4c4cc(F)cc(F)c4)CC3)c(F)cn2)n1. The molecule has 9 nitrogen and oxygen atoms in total. The molecule has 0 N–H and O–H groups in total. The highest BCUT2D eigenvalue weighted by Gasteiger charge is 2.34. The highest BCUT2D eigenvalue weighted by molar-refractivity contribution is 5.79. The molecule has 1 atom stereocenters. The van der Waals surface area contributed by atoms with Gasteiger partial charge in [-0.1, -0.05) is 0 Å². The normalized spacial score (nSPS) is 18.0. The number of hydrogen-bond donors (Lipinski definition) is 0. The Morgan fingerprint density at radius 2 is 1.71 bits per heavy atom. The number of benzene rings is 1. The molecule has 0 bridgehead atoms. The number of halogens is 3. The van der Waals surface area contributed by atoms with Crippen molar-refractivity contribution in [3.05, 3.63) is 65.1 Å². The van der Waals surface area contributed by atoms with Crippen LogP contribution in [-0.4, -0.2) is 68.1 Å². The number of pyridine rings is 1. The second-order valence-corrected chi connectivity index (χ2v) is 8.47. The smallest absolute Gasteiger partial charge is 0.341 e. The first-order chi connectivity index (χ1) is 16.8. The summed E-state index contributed by atoms with van der Waals surface area (Å²) in [5, 5.41) is 9.71. The van der Waals surface area contributed by atoms with Crippen molar-refractivity contribution in [1.29, 1.82) is 0 Å². The number of hydrogen-bond acceptors (Lipinski definition) is 6. The third kappa shape index (κ3) is 4.43. The Hall–Kier alpha value is -3.96. The van der Waals surface area contributed by atoms with Crippen molar-refractivity contribution in [2.45, 2.75) is 26.3 Å². The monoisotopic (exact) mass is 484 g/mol. The lowest BCUT2D eigenvalue weighted by Crippen LogP contribution is -2.52. The van der Waals surface area contributed by atoms with Crippen LogP contribution < -0.4 is 4.90 Å². The number of anilines is 1. The number of hydrazone groups is 1. The molecule has 0 saturated carbocycles. The number of amides is 2. The Kier molecular flexibility index (Phi) is 5.87. The van der Waals surface area contributed by atoms with Crippen LogP contribution in [0.1, 0.15) is 29.7 Å². The summed E-state index contributed by atoms with van der Waals surface area (Å²) in [7, 11) is 0. The first-order valence-corrected chi connectivity index (χ1v) is 11.2. The van der Waals surface area contributed by atoms with Crippen molar-refractivity contribution in [2.24, 2.45) is 5.10 Å². The summed E-state index contributed by atoms with van der Waals surface area (Å²) in [4.78, 5) is 25.0. The molecule has 2 aliphatic rings. The minimum absolute atomic E-state index is 0.327. The van der Waals surface area contributed by atoms with Crippen LogP contribution in [0.4, 0.5) is 23.7 Å². The predicted octanol–water partition coefficient (Wildman–Crippen LogP) is 3.37. The lowest BCUT2D eigenvalue weighted by atomic mass is 10.0. The molecular weight excluding hydrogens is 461 g/mol. The van der Waals surface area contributed by atoms with Crippen LogP contribution in [0, 0.1) is 31.3 Å². The third-order valence-electron chi connectivity index (χ3n) is 6.10. The maximum atomic E-state index is 14.7. The van der Waals surface area contributed by atoms with Gasteiger partial charge in [-0.05, 0) is 31.5 Å². The molecule has 1 aromatic carbocycles. The first kappa shape index (κ1) is 22.8. The van der Waals surface area contributed by atoms with Crippen molar-refractivity contribution in [3.63, 3.8) is 0 Å². The van der Waals surface area contributed by atoms with E-state index in [0.29, 0.717) is 61.3 Å². The summed E-state index contributed by atoms with van der Waals surface area (Å²) in [6.07, 6.45) is 3.07. The van der Waals surface area contributed by atoms with Crippen molar-refractivity contribution in [2.75, 3.05) is 31.1 Å². The average Bonchev–Trinajstić information content (AvgIpc) is 3.45. The van der Waals surface area contributed by atoms with Crippen LogP contribution in [0.2, 0.25) is 0 Å². The van der Waals surface area contributed by atoms with Crippen LogP contribution in [-0.2, 0) is 0 Å². The maximum Gasteiger partial charge on any atom is 0.341 e. The van der Waals surface area contributed by atoms with Crippen LogP contribution in [0.15, 0.2) is 35.6 Å². The molecule has 5 rings (SSSR count). The fourth-order valence-electron chi connectivity index (χ4n) is 4.44. The Bertz CT molecular complexity index is 1280. The summed E-state index contributed by atoms with van der Waals surface area (Å²) in [5.41, 5.74) is 0.707. The van der Waals surface area contributed by atoms with E-state index in [0.717, 1.165) is 12.3 Å². The summed E-state index contributed by atoms with van der Waals surface area (Å²) in [6.45, 7) is 4.99. The van der Waals surface area contributed by atoms with Gasteiger partial charge in [0, 0.05) is 50.9 Å². The fraction of sp³-hybridized carbons (Fsp3) is 0.348. The van der Waals surface area contributed by atoms with Gasteiger partial charge in [0.1, 0.15) is 23.3 Å². The number of urea groups is 1. The standard InChI is InChI=1S/C23H23F3N8O/c1-14-29-15(2)33(30-14)22-12-21(19(26)13-27-22)31-5-7-32(8-6-31)23(35)34-20(3-4-28-34)16-9-17(24)11-18(25)10-16/h4,9-13,20H,3,5-8H2,1-2H3/t20-/m0/s1. The average molecular weight is 484 g/mol. The van der Waals surface area contributed by atoms with Gasteiger partial charge < -0.3 is 9.80 Å². The summed E-state index contributed by atoms with van der Waals surface area (Å²) >= 11 is 0. The second-order valence-electron chi connectivity index (χ2n) is 8.47. The maximum absolute atomic E-state index is 14.7. The molecule has 4 heterocycles. The highest BCUT2D eigenvalue weighted by Crippen LogP contribution is 2.31. The Balaban J connectivity index is 1.29. The first-order valence-electron chi connectivity index (χ1n) is 11.2. The van der Waals surface area contributed by atoms with Crippen molar-refractivity contribution in [3.8, 4) is 5.82 Å². The van der Waals surface area contributed by atoms with Crippen LogP contribution in [0.3, 0.4) is 0 Å². The summed E-state index contributed by atoms with van der Waals surface area (Å²) in [5.74, 6) is -0.200. The van der Waals surface area contributed by atoms with Gasteiger partial charge in [-0.2, -0.15) is 9.78 Å². The van der Waals surface area contributed by atoms with E-state index < -0.39 is 23.5 Å². The molecular formula is C23H23F3N8O. The van der Waals surface area contributed by atoms with Gasteiger partial charge in [0.2, 0.25) is 0 Å². The summed E-state index contributed by atoms with van der Waals surface area (Å²) in [6, 6.07) is 3.89. The van der Waals surface area contributed by atoms with E-state index in [1.54, 1.807) is 35.7 Å². The van der Waals surface area contributed by atoms with Gasteiger partial charge in [-0.3, -0.25) is 0 Å². The molecule has 1 fully saturated rings. The number of aryl methyl sites for hydroxylation is 2. The van der Waals surface area contributed by atoms with Gasteiger partial charge in [0.25, 0.3) is 0 Å². The van der Waals surface area contributed by atoms with Crippen LogP contribution >= 0.6 is 0 Å². The van der Waals surface area contributed by atoms with Crippen molar-refractivity contribution in [1.82, 2.24) is 29.7 Å². The van der Waals surface area contributed by atoms with Gasteiger partial charge in [-0.25, -0.2) is 32.9 Å². The Labute approximate surface area is 199 Å². The number of nitrogens with zero attached hydrogens (tertiary/aromatic N) is 8. The molecule has 182 valence electrons. The number of carbonyl (C=O) groups excluding carboxylic acids is 1. The summed E-state index contributed by atoms with van der Waals surface area (Å²) < 4.78 is 43.7. The molecule has 35 heavy (non-hydrogen) atoms. The molecule has 2 aliphatic heterocycles. The van der Waals surface area contributed by atoms with E-state index in [2.05, 4.69) is 20.2 Å². The number of rotatable bonds is 3. The topological polar surface area (TPSA) is 82.8 Å². The van der Waals surface area contributed by atoms with E-state index in [9.17, 15) is 18.0 Å². The molecule has 0 unspecified atom stereocenters. The van der Waals surface area contributed by atoms with Crippen LogP contribution in [0.25, 0.3) is 5.82 Å². The fourth-order valence-corrected chi connectivity index (χ4v) is 4.44. The van der Waals surface area contributed by atoms with Crippen LogP contribution in [0.5, 0.6) is 0 Å². The number of aromatic nitrogens is 4. The lowest BCUT2D eigenvalue weighted by molar-refractivity contribution is 0.139. The van der Waals surface area contributed by atoms with Gasteiger partial charge in [0.05, 0.1) is 17.9 Å². The molecule has 12 heteroatoms. The molecule has 0 aliphatic carbocycles. The van der Waals surface area contributed by atoms with E-state index in [1.807, 2.05) is 4.90 Å². The Morgan fingerprint density at radius 3 is 2.37 bits per heavy atom. The van der Waals surface area contributed by atoms with Gasteiger partial charge in [0.15, 0.2) is 11.6 Å². The van der Waals surface area contributed by atoms with E-state index in [1.165, 1.54) is 17.1 Å². The zero-order valence-electron chi connectivity index (χ0n) is 19.2. The minimum atomic E-state index is -0.706. The minimum Gasteiger partial charge on any atom is -0.365 e.